The number of fused-ring (bicyclic) bond motifs is 1. The zero-order chi connectivity index (χ0) is 20.3. The summed E-state index contributed by atoms with van der Waals surface area (Å²) in [5, 5.41) is 7.33. The molecular formula is C22H27N3O3. The number of ether oxygens (including phenoxy) is 1. The number of nitrogens with one attached hydrogen (secondary N) is 1. The van der Waals surface area contributed by atoms with Gasteiger partial charge in [-0.2, -0.15) is 5.10 Å². The van der Waals surface area contributed by atoms with Gasteiger partial charge in [0.15, 0.2) is 6.10 Å². The number of rotatable bonds is 5. The highest BCUT2D eigenvalue weighted by molar-refractivity contribution is 5.90. The van der Waals surface area contributed by atoms with Gasteiger partial charge in [0.1, 0.15) is 0 Å². The minimum Gasteiger partial charge on any atom is -0.449 e. The fraction of sp³-hybridized carbons (Fsp3) is 0.409. The number of nitrogens with zero attached hydrogens (tertiary/aromatic N) is 2. The molecular weight excluding hydrogens is 354 g/mol. The van der Waals surface area contributed by atoms with E-state index < -0.39 is 12.1 Å². The zero-order valence-corrected chi connectivity index (χ0v) is 16.9. The van der Waals surface area contributed by atoms with Crippen molar-refractivity contribution in [3.63, 3.8) is 0 Å². The van der Waals surface area contributed by atoms with E-state index in [0.717, 1.165) is 41.8 Å². The highest BCUT2D eigenvalue weighted by atomic mass is 16.5. The molecule has 28 heavy (non-hydrogen) atoms. The van der Waals surface area contributed by atoms with E-state index >= 15 is 0 Å². The van der Waals surface area contributed by atoms with Gasteiger partial charge < -0.3 is 10.1 Å². The monoisotopic (exact) mass is 381 g/mol. The fourth-order valence-corrected chi connectivity index (χ4v) is 3.64. The standard InChI is InChI=1S/C22H27N3O3/c1-14-18(15(2)25(4)24-14)12-13-21(26)28-16(3)22(27)23-20-11-7-9-17-8-5-6-10-19(17)20/h5-6,8,10,12-13,16,20H,7,9,11H2,1-4H3,(H,23,27)/b13-12+/t16-,20-/m0/s1. The lowest BCUT2D eigenvalue weighted by Gasteiger charge is -2.27. The van der Waals surface area contributed by atoms with Crippen LogP contribution in [0.4, 0.5) is 0 Å². The van der Waals surface area contributed by atoms with Crippen LogP contribution in [-0.4, -0.2) is 27.8 Å². The number of hydrogen-bond acceptors (Lipinski definition) is 4. The molecule has 0 aliphatic heterocycles. The van der Waals surface area contributed by atoms with Crippen LogP contribution in [0, 0.1) is 13.8 Å². The Balaban J connectivity index is 1.59. The summed E-state index contributed by atoms with van der Waals surface area (Å²) in [4.78, 5) is 24.7. The SMILES string of the molecule is Cc1nn(C)c(C)c1/C=C/C(=O)O[C@@H](C)C(=O)N[C@H]1CCCc2ccccc21. The Morgan fingerprint density at radius 3 is 2.79 bits per heavy atom. The summed E-state index contributed by atoms with van der Waals surface area (Å²) < 4.78 is 7.05. The lowest BCUT2D eigenvalue weighted by atomic mass is 9.87. The molecule has 0 unspecified atom stereocenters. The van der Waals surface area contributed by atoms with E-state index in [0.29, 0.717) is 0 Å². The minimum atomic E-state index is -0.859. The van der Waals surface area contributed by atoms with Crippen LogP contribution in [0.3, 0.4) is 0 Å². The van der Waals surface area contributed by atoms with Gasteiger partial charge in [-0.3, -0.25) is 9.48 Å². The maximum absolute atomic E-state index is 12.5. The van der Waals surface area contributed by atoms with Gasteiger partial charge in [0, 0.05) is 24.4 Å². The molecule has 0 bridgehead atoms. The van der Waals surface area contributed by atoms with Gasteiger partial charge in [-0.05, 0) is 57.2 Å². The molecule has 1 N–H and O–H groups in total. The minimum absolute atomic E-state index is 0.0326. The summed E-state index contributed by atoms with van der Waals surface area (Å²) in [5.74, 6) is -0.827. The van der Waals surface area contributed by atoms with Crippen molar-refractivity contribution in [1.82, 2.24) is 15.1 Å². The normalized spacial score (nSPS) is 17.2. The lowest BCUT2D eigenvalue weighted by Crippen LogP contribution is -2.39. The molecule has 3 rings (SSSR count). The summed E-state index contributed by atoms with van der Waals surface area (Å²) in [6.07, 6.45) is 5.12. The first-order valence-electron chi connectivity index (χ1n) is 9.64. The summed E-state index contributed by atoms with van der Waals surface area (Å²) in [5.41, 5.74) is 5.11. The Hall–Kier alpha value is -2.89. The molecule has 0 spiro atoms. The Morgan fingerprint density at radius 1 is 1.32 bits per heavy atom. The third-order valence-electron chi connectivity index (χ3n) is 5.30. The van der Waals surface area contributed by atoms with E-state index in [1.165, 1.54) is 11.6 Å². The maximum Gasteiger partial charge on any atom is 0.331 e. The highest BCUT2D eigenvalue weighted by Crippen LogP contribution is 2.29. The second kappa shape index (κ2) is 8.42. The van der Waals surface area contributed by atoms with E-state index in [4.69, 9.17) is 4.74 Å². The Morgan fingerprint density at radius 2 is 2.07 bits per heavy atom. The van der Waals surface area contributed by atoms with Crippen molar-refractivity contribution in [1.29, 1.82) is 0 Å². The molecule has 0 fully saturated rings. The third kappa shape index (κ3) is 4.32. The summed E-state index contributed by atoms with van der Waals surface area (Å²) in [7, 11) is 1.85. The number of carbonyl (C=O) groups is 2. The number of aromatic nitrogens is 2. The van der Waals surface area contributed by atoms with Gasteiger partial charge in [-0.1, -0.05) is 24.3 Å². The average Bonchev–Trinajstić information content (AvgIpc) is 2.92. The quantitative estimate of drug-likeness (QED) is 0.638. The van der Waals surface area contributed by atoms with Crippen LogP contribution in [0.5, 0.6) is 0 Å². The summed E-state index contributed by atoms with van der Waals surface area (Å²) in [6, 6.07) is 8.13. The molecule has 2 aromatic rings. The first kappa shape index (κ1) is 19.9. The number of benzene rings is 1. The molecule has 6 nitrogen and oxygen atoms in total. The summed E-state index contributed by atoms with van der Waals surface area (Å²) in [6.45, 7) is 5.41. The number of carbonyl (C=O) groups excluding carboxylic acids is 2. The number of hydrogen-bond donors (Lipinski definition) is 1. The van der Waals surface area contributed by atoms with Crippen LogP contribution in [0.2, 0.25) is 0 Å². The van der Waals surface area contributed by atoms with Crippen molar-refractivity contribution in [3.05, 3.63) is 58.4 Å². The van der Waals surface area contributed by atoms with E-state index in [1.807, 2.05) is 33.0 Å². The number of esters is 1. The predicted octanol–water partition coefficient (Wildman–Crippen LogP) is 3.18. The predicted molar refractivity (Wildman–Crippen MR) is 108 cm³/mol. The Labute approximate surface area is 165 Å². The van der Waals surface area contributed by atoms with Crippen LogP contribution >= 0.6 is 0 Å². The molecule has 2 atom stereocenters. The fourth-order valence-electron chi connectivity index (χ4n) is 3.64. The van der Waals surface area contributed by atoms with Crippen LogP contribution < -0.4 is 5.32 Å². The number of amides is 1. The van der Waals surface area contributed by atoms with Crippen LogP contribution in [0.15, 0.2) is 30.3 Å². The smallest absolute Gasteiger partial charge is 0.331 e. The van der Waals surface area contributed by atoms with Crippen molar-refractivity contribution >= 4 is 18.0 Å². The van der Waals surface area contributed by atoms with Crippen LogP contribution in [0.25, 0.3) is 6.08 Å². The van der Waals surface area contributed by atoms with E-state index in [1.54, 1.807) is 17.7 Å². The summed E-state index contributed by atoms with van der Waals surface area (Å²) >= 11 is 0. The van der Waals surface area contributed by atoms with Gasteiger partial charge in [-0.15, -0.1) is 0 Å². The molecule has 1 aliphatic rings. The molecule has 1 amide bonds. The molecule has 6 heteroatoms. The van der Waals surface area contributed by atoms with Crippen molar-refractivity contribution in [2.75, 3.05) is 0 Å². The molecule has 0 radical (unpaired) electrons. The van der Waals surface area contributed by atoms with Crippen molar-refractivity contribution in [3.8, 4) is 0 Å². The molecule has 1 aliphatic carbocycles. The Bertz CT molecular complexity index is 914. The van der Waals surface area contributed by atoms with E-state index in [9.17, 15) is 9.59 Å². The van der Waals surface area contributed by atoms with Gasteiger partial charge in [-0.25, -0.2) is 4.79 Å². The second-order valence-corrected chi connectivity index (χ2v) is 7.27. The maximum atomic E-state index is 12.5. The molecule has 148 valence electrons. The second-order valence-electron chi connectivity index (χ2n) is 7.27. The Kier molecular flexibility index (Phi) is 5.97. The third-order valence-corrected chi connectivity index (χ3v) is 5.30. The van der Waals surface area contributed by atoms with E-state index in [-0.39, 0.29) is 11.9 Å². The van der Waals surface area contributed by atoms with Gasteiger partial charge in [0.05, 0.1) is 11.7 Å². The molecule has 0 saturated carbocycles. The first-order valence-corrected chi connectivity index (χ1v) is 9.64. The van der Waals surface area contributed by atoms with Gasteiger partial charge >= 0.3 is 5.97 Å². The van der Waals surface area contributed by atoms with Crippen molar-refractivity contribution in [2.45, 2.75) is 52.2 Å². The van der Waals surface area contributed by atoms with Crippen molar-refractivity contribution in [2.24, 2.45) is 7.05 Å². The largest absolute Gasteiger partial charge is 0.449 e. The zero-order valence-electron chi connectivity index (χ0n) is 16.9. The van der Waals surface area contributed by atoms with E-state index in [2.05, 4.69) is 22.5 Å². The molecule has 1 heterocycles. The highest BCUT2D eigenvalue weighted by Gasteiger charge is 2.25. The average molecular weight is 381 g/mol. The molecule has 0 saturated heterocycles. The van der Waals surface area contributed by atoms with Gasteiger partial charge in [0.2, 0.25) is 0 Å². The molecule has 1 aromatic carbocycles. The van der Waals surface area contributed by atoms with Crippen LogP contribution in [0.1, 0.15) is 53.9 Å². The topological polar surface area (TPSA) is 73.2 Å². The number of aryl methyl sites for hydroxylation is 3. The lowest BCUT2D eigenvalue weighted by molar-refractivity contribution is -0.150. The first-order chi connectivity index (χ1) is 13.4. The van der Waals surface area contributed by atoms with Gasteiger partial charge in [0.25, 0.3) is 5.91 Å². The van der Waals surface area contributed by atoms with Crippen LogP contribution in [-0.2, 0) is 27.8 Å². The van der Waals surface area contributed by atoms with Crippen molar-refractivity contribution < 1.29 is 14.3 Å². The molecule has 1 aromatic heterocycles.